The molecule has 27 heavy (non-hydrogen) atoms. The number of hydrogen-bond acceptors (Lipinski definition) is 4. The number of carbonyl (C=O) groups is 3. The van der Waals surface area contributed by atoms with Crippen molar-refractivity contribution < 1.29 is 18.8 Å². The monoisotopic (exact) mass is 371 g/mol. The molecule has 2 aromatic rings. The van der Waals surface area contributed by atoms with Gasteiger partial charge in [0.1, 0.15) is 17.6 Å². The molecule has 0 fully saturated rings. The Hall–Kier alpha value is -3.09. The lowest BCUT2D eigenvalue weighted by Crippen LogP contribution is -2.54. The lowest BCUT2D eigenvalue weighted by molar-refractivity contribution is -0.124. The Morgan fingerprint density at radius 1 is 0.963 bits per heavy atom. The Balaban J connectivity index is 2.01. The molecule has 1 aromatic heterocycles. The van der Waals surface area contributed by atoms with Gasteiger partial charge in [0.25, 0.3) is 17.7 Å². The second-order valence-corrected chi connectivity index (χ2v) is 6.83. The van der Waals surface area contributed by atoms with E-state index < -0.39 is 17.9 Å². The van der Waals surface area contributed by atoms with Crippen LogP contribution in [-0.4, -0.2) is 23.8 Å². The summed E-state index contributed by atoms with van der Waals surface area (Å²) < 4.78 is 5.31. The van der Waals surface area contributed by atoms with Gasteiger partial charge in [-0.25, -0.2) is 0 Å². The quantitative estimate of drug-likeness (QED) is 0.703. The lowest BCUT2D eigenvalue weighted by Gasteiger charge is -2.22. The second-order valence-electron chi connectivity index (χ2n) is 6.83. The summed E-state index contributed by atoms with van der Waals surface area (Å²) in [6.07, 6.45) is 0. The van der Waals surface area contributed by atoms with Gasteiger partial charge in [-0.3, -0.25) is 25.2 Å². The number of hydrazine groups is 1. The number of aryl methyl sites for hydroxylation is 3. The van der Waals surface area contributed by atoms with Crippen molar-refractivity contribution in [3.05, 3.63) is 58.5 Å². The zero-order chi connectivity index (χ0) is 20.1. The Morgan fingerprint density at radius 3 is 2.22 bits per heavy atom. The fourth-order valence-electron chi connectivity index (χ4n) is 2.67. The zero-order valence-electron chi connectivity index (χ0n) is 16.2. The molecule has 0 radical (unpaired) electrons. The van der Waals surface area contributed by atoms with Crippen molar-refractivity contribution in [2.75, 3.05) is 0 Å². The van der Waals surface area contributed by atoms with E-state index >= 15 is 0 Å². The van der Waals surface area contributed by atoms with Crippen molar-refractivity contribution in [3.63, 3.8) is 0 Å². The van der Waals surface area contributed by atoms with E-state index in [2.05, 4.69) is 16.2 Å². The van der Waals surface area contributed by atoms with Crippen molar-refractivity contribution in [2.45, 2.75) is 40.7 Å². The van der Waals surface area contributed by atoms with Gasteiger partial charge in [0.15, 0.2) is 0 Å². The van der Waals surface area contributed by atoms with Crippen LogP contribution < -0.4 is 16.2 Å². The van der Waals surface area contributed by atoms with Gasteiger partial charge in [-0.1, -0.05) is 31.5 Å². The topological polar surface area (TPSA) is 100 Å². The number of amides is 3. The molecule has 3 amide bonds. The zero-order valence-corrected chi connectivity index (χ0v) is 16.2. The maximum Gasteiger partial charge on any atom is 0.273 e. The Labute approximate surface area is 158 Å². The molecule has 0 saturated carbocycles. The van der Waals surface area contributed by atoms with Crippen LogP contribution in [0.4, 0.5) is 0 Å². The van der Waals surface area contributed by atoms with E-state index in [4.69, 9.17) is 4.42 Å². The highest BCUT2D eigenvalue weighted by Crippen LogP contribution is 2.13. The van der Waals surface area contributed by atoms with E-state index in [0.717, 1.165) is 5.56 Å². The standard InChI is InChI=1S/C20H25N3O4/c1-11(2)17(21-18(24)15-8-6-7-12(3)9-15)20(26)23-22-19(25)16-10-13(4)27-14(16)5/h6-11,17H,1-5H3,(H,21,24)(H,22,25)(H,23,26). The van der Waals surface area contributed by atoms with Gasteiger partial charge in [-0.05, 0) is 44.9 Å². The van der Waals surface area contributed by atoms with Crippen molar-refractivity contribution in [3.8, 4) is 0 Å². The maximum atomic E-state index is 12.5. The highest BCUT2D eigenvalue weighted by Gasteiger charge is 2.25. The highest BCUT2D eigenvalue weighted by atomic mass is 16.3. The minimum Gasteiger partial charge on any atom is -0.466 e. The first-order valence-electron chi connectivity index (χ1n) is 8.73. The maximum absolute atomic E-state index is 12.5. The smallest absolute Gasteiger partial charge is 0.273 e. The van der Waals surface area contributed by atoms with Crippen LogP contribution in [0.15, 0.2) is 34.7 Å². The highest BCUT2D eigenvalue weighted by molar-refractivity contribution is 5.99. The Morgan fingerprint density at radius 2 is 1.67 bits per heavy atom. The van der Waals surface area contributed by atoms with Gasteiger partial charge in [-0.2, -0.15) is 0 Å². The number of benzene rings is 1. The molecule has 0 aliphatic heterocycles. The van der Waals surface area contributed by atoms with Crippen LogP contribution in [0.2, 0.25) is 0 Å². The van der Waals surface area contributed by atoms with Gasteiger partial charge in [0.05, 0.1) is 5.56 Å². The third kappa shape index (κ3) is 5.20. The molecule has 1 aromatic carbocycles. The summed E-state index contributed by atoms with van der Waals surface area (Å²) in [5.41, 5.74) is 6.50. The number of furan rings is 1. The average Bonchev–Trinajstić information content (AvgIpc) is 2.95. The van der Waals surface area contributed by atoms with Gasteiger partial charge >= 0.3 is 0 Å². The first kappa shape index (κ1) is 20.2. The summed E-state index contributed by atoms with van der Waals surface area (Å²) in [4.78, 5) is 37.1. The molecule has 0 aliphatic rings. The summed E-state index contributed by atoms with van der Waals surface area (Å²) in [5.74, 6) is -0.432. The third-order valence-electron chi connectivity index (χ3n) is 4.10. The first-order valence-corrected chi connectivity index (χ1v) is 8.73. The van der Waals surface area contributed by atoms with E-state index in [1.165, 1.54) is 0 Å². The van der Waals surface area contributed by atoms with Gasteiger partial charge < -0.3 is 9.73 Å². The largest absolute Gasteiger partial charge is 0.466 e. The average molecular weight is 371 g/mol. The molecule has 1 unspecified atom stereocenters. The predicted molar refractivity (Wildman–Crippen MR) is 101 cm³/mol. The number of hydrogen-bond donors (Lipinski definition) is 3. The Bertz CT molecular complexity index is 855. The predicted octanol–water partition coefficient (Wildman–Crippen LogP) is 2.42. The van der Waals surface area contributed by atoms with Gasteiger partial charge in [-0.15, -0.1) is 0 Å². The van der Waals surface area contributed by atoms with Crippen LogP contribution in [0, 0.1) is 26.7 Å². The van der Waals surface area contributed by atoms with Crippen LogP contribution in [0.5, 0.6) is 0 Å². The van der Waals surface area contributed by atoms with Crippen LogP contribution in [0.1, 0.15) is 51.6 Å². The molecule has 0 bridgehead atoms. The van der Waals surface area contributed by atoms with Crippen LogP contribution >= 0.6 is 0 Å². The van der Waals surface area contributed by atoms with Gasteiger partial charge in [0.2, 0.25) is 0 Å². The third-order valence-corrected chi connectivity index (χ3v) is 4.10. The fourth-order valence-corrected chi connectivity index (χ4v) is 2.67. The molecule has 7 nitrogen and oxygen atoms in total. The molecule has 0 saturated heterocycles. The molecular weight excluding hydrogens is 346 g/mol. The molecule has 2 rings (SSSR count). The van der Waals surface area contributed by atoms with E-state index in [9.17, 15) is 14.4 Å². The van der Waals surface area contributed by atoms with Crippen molar-refractivity contribution in [1.29, 1.82) is 0 Å². The molecule has 1 atom stereocenters. The minimum atomic E-state index is -0.800. The summed E-state index contributed by atoms with van der Waals surface area (Å²) in [5, 5.41) is 2.72. The number of nitrogens with one attached hydrogen (secondary N) is 3. The van der Waals surface area contributed by atoms with Crippen molar-refractivity contribution in [1.82, 2.24) is 16.2 Å². The number of carbonyl (C=O) groups excluding carboxylic acids is 3. The molecule has 0 aliphatic carbocycles. The van der Waals surface area contributed by atoms with Crippen LogP contribution in [0.3, 0.4) is 0 Å². The SMILES string of the molecule is Cc1cccc(C(=O)NC(C(=O)NNC(=O)c2cc(C)oc2C)C(C)C)c1. The van der Waals surface area contributed by atoms with Crippen LogP contribution in [-0.2, 0) is 4.79 Å². The number of rotatable bonds is 5. The molecule has 144 valence electrons. The van der Waals surface area contributed by atoms with Crippen molar-refractivity contribution in [2.24, 2.45) is 5.92 Å². The molecule has 7 heteroatoms. The molecule has 0 spiro atoms. The van der Waals surface area contributed by atoms with E-state index in [1.807, 2.05) is 26.8 Å². The molecule has 1 heterocycles. The summed E-state index contributed by atoms with van der Waals surface area (Å²) >= 11 is 0. The molecule has 3 N–H and O–H groups in total. The Kier molecular flexibility index (Phi) is 6.39. The summed E-state index contributed by atoms with van der Waals surface area (Å²) in [7, 11) is 0. The second kappa shape index (κ2) is 8.53. The minimum absolute atomic E-state index is 0.173. The van der Waals surface area contributed by atoms with E-state index in [1.54, 1.807) is 38.1 Å². The summed E-state index contributed by atoms with van der Waals surface area (Å²) in [6, 6.07) is 7.89. The fraction of sp³-hybridized carbons (Fsp3) is 0.350. The first-order chi connectivity index (χ1) is 12.7. The lowest BCUT2D eigenvalue weighted by atomic mass is 10.0. The summed E-state index contributed by atoms with van der Waals surface area (Å²) in [6.45, 7) is 8.91. The van der Waals surface area contributed by atoms with Crippen LogP contribution in [0.25, 0.3) is 0 Å². The normalized spacial score (nSPS) is 11.8. The van der Waals surface area contributed by atoms with Crippen molar-refractivity contribution >= 4 is 17.7 Å². The van der Waals surface area contributed by atoms with Gasteiger partial charge in [0, 0.05) is 5.56 Å². The molecular formula is C20H25N3O4. The van der Waals surface area contributed by atoms with E-state index in [-0.39, 0.29) is 11.8 Å². The van der Waals surface area contributed by atoms with E-state index in [0.29, 0.717) is 22.6 Å².